The maximum atomic E-state index is 12.7. The third-order valence-corrected chi connectivity index (χ3v) is 5.61. The number of benzene rings is 1. The van der Waals surface area contributed by atoms with Crippen LogP contribution in [0, 0.1) is 11.3 Å². The van der Waals surface area contributed by atoms with Crippen molar-refractivity contribution in [3.63, 3.8) is 0 Å². The molecule has 2 atom stereocenters. The normalized spacial score (nSPS) is 31.7. The van der Waals surface area contributed by atoms with Gasteiger partial charge in [0, 0.05) is 11.8 Å². The van der Waals surface area contributed by atoms with Crippen LogP contribution in [0.2, 0.25) is 0 Å². The van der Waals surface area contributed by atoms with Gasteiger partial charge in [-0.2, -0.15) is 0 Å². The van der Waals surface area contributed by atoms with Gasteiger partial charge in [0.05, 0.1) is 0 Å². The number of aryl methyl sites for hydroxylation is 1. The van der Waals surface area contributed by atoms with Gasteiger partial charge in [-0.15, -0.1) is 0 Å². The van der Waals surface area contributed by atoms with Crippen molar-refractivity contribution in [2.75, 3.05) is 0 Å². The predicted octanol–water partition coefficient (Wildman–Crippen LogP) is 3.64. The molecule has 1 saturated carbocycles. The molecule has 0 saturated heterocycles. The maximum absolute atomic E-state index is 12.7. The highest BCUT2D eigenvalue weighted by Crippen LogP contribution is 2.56. The molecule has 2 bridgehead atoms. The van der Waals surface area contributed by atoms with Crippen molar-refractivity contribution >= 4 is 5.78 Å². The van der Waals surface area contributed by atoms with E-state index in [1.165, 1.54) is 23.1 Å². The number of ketones is 1. The standard InChI is InChI=1S/C18H20O/c1-2-12-3-5-14-9-17(19)18(11-15(14)7-12)10-13-4-6-16(18)8-13/h3-5,7,16H,2,6,8-11H2,1H3. The molecule has 1 heteroatoms. The molecule has 0 radical (unpaired) electrons. The molecule has 3 aliphatic rings. The van der Waals surface area contributed by atoms with Gasteiger partial charge in [-0.05, 0) is 54.7 Å². The lowest BCUT2D eigenvalue weighted by atomic mass is 9.63. The average molecular weight is 252 g/mol. The summed E-state index contributed by atoms with van der Waals surface area (Å²) in [5.41, 5.74) is 5.67. The molecule has 98 valence electrons. The van der Waals surface area contributed by atoms with E-state index in [0.717, 1.165) is 25.7 Å². The molecule has 3 aliphatic carbocycles. The highest BCUT2D eigenvalue weighted by molar-refractivity contribution is 5.90. The fraction of sp³-hybridized carbons (Fsp3) is 0.500. The van der Waals surface area contributed by atoms with Gasteiger partial charge in [0.25, 0.3) is 0 Å². The topological polar surface area (TPSA) is 17.1 Å². The van der Waals surface area contributed by atoms with E-state index in [1.54, 1.807) is 5.57 Å². The Bertz CT molecular complexity index is 596. The van der Waals surface area contributed by atoms with Gasteiger partial charge in [0.1, 0.15) is 5.78 Å². The molecular weight excluding hydrogens is 232 g/mol. The first-order chi connectivity index (χ1) is 9.21. The molecule has 0 amide bonds. The smallest absolute Gasteiger partial charge is 0.144 e. The van der Waals surface area contributed by atoms with E-state index in [9.17, 15) is 4.79 Å². The second-order valence-electron chi connectivity index (χ2n) is 6.57. The number of hydrogen-bond acceptors (Lipinski definition) is 1. The van der Waals surface area contributed by atoms with Crippen molar-refractivity contribution < 1.29 is 4.79 Å². The van der Waals surface area contributed by atoms with Gasteiger partial charge in [-0.1, -0.05) is 36.8 Å². The minimum Gasteiger partial charge on any atom is -0.299 e. The Kier molecular flexibility index (Phi) is 2.30. The minimum atomic E-state index is -0.0244. The van der Waals surface area contributed by atoms with Gasteiger partial charge < -0.3 is 0 Å². The van der Waals surface area contributed by atoms with E-state index in [2.05, 4.69) is 31.2 Å². The predicted molar refractivity (Wildman–Crippen MR) is 76.1 cm³/mol. The first-order valence-corrected chi connectivity index (χ1v) is 7.53. The monoisotopic (exact) mass is 252 g/mol. The highest BCUT2D eigenvalue weighted by atomic mass is 16.1. The summed E-state index contributed by atoms with van der Waals surface area (Å²) in [6.45, 7) is 2.20. The fourth-order valence-corrected chi connectivity index (χ4v) is 4.46. The second-order valence-corrected chi connectivity index (χ2v) is 6.57. The van der Waals surface area contributed by atoms with Gasteiger partial charge in [-0.3, -0.25) is 4.79 Å². The number of fused-ring (bicyclic) bond motifs is 4. The molecule has 4 rings (SSSR count). The summed E-state index contributed by atoms with van der Waals surface area (Å²) < 4.78 is 0. The van der Waals surface area contributed by atoms with Crippen molar-refractivity contribution in [1.29, 1.82) is 0 Å². The number of Topliss-reactive ketones (excluding diaryl/α,β-unsaturated/α-hetero) is 1. The van der Waals surface area contributed by atoms with Crippen molar-refractivity contribution in [3.05, 3.63) is 46.5 Å². The largest absolute Gasteiger partial charge is 0.299 e. The molecular formula is C18H20O. The van der Waals surface area contributed by atoms with E-state index in [0.29, 0.717) is 18.1 Å². The molecule has 1 aromatic rings. The minimum absolute atomic E-state index is 0.0244. The fourth-order valence-electron chi connectivity index (χ4n) is 4.46. The third-order valence-electron chi connectivity index (χ3n) is 5.61. The highest BCUT2D eigenvalue weighted by Gasteiger charge is 2.53. The van der Waals surface area contributed by atoms with Crippen LogP contribution in [0.15, 0.2) is 29.8 Å². The van der Waals surface area contributed by atoms with E-state index < -0.39 is 0 Å². The summed E-state index contributed by atoms with van der Waals surface area (Å²) >= 11 is 0. The molecule has 0 aromatic heterocycles. The van der Waals surface area contributed by atoms with Crippen LogP contribution in [-0.4, -0.2) is 5.78 Å². The number of rotatable bonds is 1. The van der Waals surface area contributed by atoms with Crippen LogP contribution in [0.25, 0.3) is 0 Å². The van der Waals surface area contributed by atoms with Crippen LogP contribution >= 0.6 is 0 Å². The molecule has 19 heavy (non-hydrogen) atoms. The summed E-state index contributed by atoms with van der Waals surface area (Å²) in [6.07, 6.45) is 8.51. The van der Waals surface area contributed by atoms with E-state index >= 15 is 0 Å². The van der Waals surface area contributed by atoms with Crippen LogP contribution in [0.5, 0.6) is 0 Å². The zero-order chi connectivity index (χ0) is 13.0. The first kappa shape index (κ1) is 11.5. The molecule has 1 fully saturated rings. The Labute approximate surface area is 114 Å². The van der Waals surface area contributed by atoms with Gasteiger partial charge in [0.2, 0.25) is 0 Å². The van der Waals surface area contributed by atoms with E-state index in [-0.39, 0.29) is 5.41 Å². The lowest BCUT2D eigenvalue weighted by Crippen LogP contribution is -2.42. The molecule has 1 spiro atoms. The summed E-state index contributed by atoms with van der Waals surface area (Å²) in [5, 5.41) is 0. The summed E-state index contributed by atoms with van der Waals surface area (Å²) in [6, 6.07) is 6.72. The zero-order valence-electron chi connectivity index (χ0n) is 11.5. The maximum Gasteiger partial charge on any atom is 0.144 e. The SMILES string of the molecule is CCc1ccc2c(c1)CC1(CC3=CCC1C3)C(=O)C2. The Morgan fingerprint density at radius 2 is 2.16 bits per heavy atom. The van der Waals surface area contributed by atoms with Crippen LogP contribution in [0.1, 0.15) is 42.9 Å². The Morgan fingerprint density at radius 3 is 2.84 bits per heavy atom. The molecule has 0 aliphatic heterocycles. The number of allylic oxidation sites excluding steroid dienone is 2. The average Bonchev–Trinajstić information content (AvgIpc) is 3.01. The van der Waals surface area contributed by atoms with Crippen LogP contribution < -0.4 is 0 Å². The number of carbonyl (C=O) groups is 1. The van der Waals surface area contributed by atoms with Gasteiger partial charge >= 0.3 is 0 Å². The lowest BCUT2D eigenvalue weighted by Gasteiger charge is -2.39. The van der Waals surface area contributed by atoms with Crippen molar-refractivity contribution in [1.82, 2.24) is 0 Å². The van der Waals surface area contributed by atoms with Crippen LogP contribution in [0.4, 0.5) is 0 Å². The Hall–Kier alpha value is -1.37. The summed E-state index contributed by atoms with van der Waals surface area (Å²) in [7, 11) is 0. The van der Waals surface area contributed by atoms with Crippen molar-refractivity contribution in [2.45, 2.75) is 45.4 Å². The quantitative estimate of drug-likeness (QED) is 0.697. The molecule has 0 N–H and O–H groups in total. The van der Waals surface area contributed by atoms with E-state index in [1.807, 2.05) is 0 Å². The Balaban J connectivity index is 1.77. The zero-order valence-corrected chi connectivity index (χ0v) is 11.5. The number of hydrogen-bond donors (Lipinski definition) is 0. The summed E-state index contributed by atoms with van der Waals surface area (Å²) in [5.74, 6) is 1.12. The van der Waals surface area contributed by atoms with Crippen LogP contribution in [-0.2, 0) is 24.1 Å². The summed E-state index contributed by atoms with van der Waals surface area (Å²) in [4.78, 5) is 12.7. The van der Waals surface area contributed by atoms with Crippen molar-refractivity contribution in [3.8, 4) is 0 Å². The second kappa shape index (κ2) is 3.82. The van der Waals surface area contributed by atoms with Crippen molar-refractivity contribution in [2.24, 2.45) is 11.3 Å². The molecule has 1 aromatic carbocycles. The van der Waals surface area contributed by atoms with Crippen LogP contribution in [0.3, 0.4) is 0 Å². The third kappa shape index (κ3) is 1.51. The molecule has 2 unspecified atom stereocenters. The molecule has 1 nitrogen and oxygen atoms in total. The first-order valence-electron chi connectivity index (χ1n) is 7.53. The molecule has 0 heterocycles. The van der Waals surface area contributed by atoms with E-state index in [4.69, 9.17) is 0 Å². The van der Waals surface area contributed by atoms with Gasteiger partial charge in [0.15, 0.2) is 0 Å². The lowest BCUT2D eigenvalue weighted by molar-refractivity contribution is -0.131. The Morgan fingerprint density at radius 1 is 1.26 bits per heavy atom. The van der Waals surface area contributed by atoms with Gasteiger partial charge in [-0.25, -0.2) is 0 Å². The number of carbonyl (C=O) groups excluding carboxylic acids is 1.